The van der Waals surface area contributed by atoms with Gasteiger partial charge in [-0.05, 0) is 118 Å². The smallest absolute Gasteiger partial charge is 0.331 e. The molecule has 7 heteroatoms. The first-order chi connectivity index (χ1) is 18.7. The number of esters is 1. The number of aliphatic hydroxyl groups excluding tert-OH is 1. The predicted octanol–water partition coefficient (Wildman–Crippen LogP) is 5.10. The van der Waals surface area contributed by atoms with Gasteiger partial charge in [0.25, 0.3) is 0 Å². The van der Waals surface area contributed by atoms with Crippen molar-refractivity contribution in [3.63, 3.8) is 0 Å². The molecule has 11 atom stereocenters. The molecule has 5 aliphatic rings. The lowest BCUT2D eigenvalue weighted by Crippen LogP contribution is -2.67. The van der Waals surface area contributed by atoms with Gasteiger partial charge in [-0.25, -0.2) is 4.79 Å². The number of carbonyl (C=O) groups excluding carboxylic acids is 1. The summed E-state index contributed by atoms with van der Waals surface area (Å²) in [6, 6.07) is -0.467. The molecule has 0 bridgehead atoms. The van der Waals surface area contributed by atoms with Crippen LogP contribution < -0.4 is 11.5 Å². The van der Waals surface area contributed by atoms with Gasteiger partial charge >= 0.3 is 11.9 Å². The molecular weight excluding hydrogens is 504 g/mol. The van der Waals surface area contributed by atoms with E-state index in [2.05, 4.69) is 34.6 Å². The van der Waals surface area contributed by atoms with E-state index in [1.165, 1.54) is 18.1 Å². The number of nitrogens with two attached hydrogens (primary N) is 2. The quantitative estimate of drug-likeness (QED) is 0.216. The lowest BCUT2D eigenvalue weighted by Gasteiger charge is -2.68. The normalized spacial score (nSPS) is 48.0. The first-order valence-electron chi connectivity index (χ1n) is 15.6. The fourth-order valence-electron chi connectivity index (χ4n) is 10.9. The first-order valence-corrected chi connectivity index (χ1v) is 15.6. The van der Waals surface area contributed by atoms with Gasteiger partial charge in [0.15, 0.2) is 0 Å². The van der Waals surface area contributed by atoms with Gasteiger partial charge in [-0.1, -0.05) is 31.9 Å². The highest BCUT2D eigenvalue weighted by Crippen LogP contribution is 2.74. The van der Waals surface area contributed by atoms with Crippen molar-refractivity contribution < 1.29 is 24.5 Å². The summed E-state index contributed by atoms with van der Waals surface area (Å²) in [7, 11) is 0. The third kappa shape index (κ3) is 4.32. The van der Waals surface area contributed by atoms with E-state index in [1.54, 1.807) is 0 Å². The highest BCUT2D eigenvalue weighted by atomic mass is 16.5. The standard InChI is InChI=1S/C33H52N2O5/c1-17(2)19-8-7-9-20(14-19)26(30(38)39)27-24(40-18(3)36)16-33(6)28(27)22(34)15-25-31(4)12-11-23(37)29(35)21(31)10-13-32(25,33)5/h20-25,28-29,37H,7-16,34-35H2,1-6H3,(H,38,39)/b27-26+/t20?,21-,22+,23+,24-,25-,28-,29-,31-,32-,33-/m0/s1. The Balaban J connectivity index is 1.64. The highest BCUT2D eigenvalue weighted by molar-refractivity contribution is 5.89. The number of hydrogen-bond donors (Lipinski definition) is 4. The van der Waals surface area contributed by atoms with Gasteiger partial charge < -0.3 is 26.4 Å². The van der Waals surface area contributed by atoms with Gasteiger partial charge in [0.1, 0.15) is 6.10 Å². The van der Waals surface area contributed by atoms with Crippen molar-refractivity contribution in [1.82, 2.24) is 0 Å². The number of aliphatic hydroxyl groups is 1. The summed E-state index contributed by atoms with van der Waals surface area (Å²) in [6.45, 7) is 12.7. The van der Waals surface area contributed by atoms with Crippen molar-refractivity contribution >= 4 is 11.9 Å². The number of rotatable bonds is 3. The van der Waals surface area contributed by atoms with Crippen LogP contribution in [0.2, 0.25) is 0 Å². The van der Waals surface area contributed by atoms with Gasteiger partial charge in [-0.3, -0.25) is 4.79 Å². The molecule has 0 saturated heterocycles. The SMILES string of the molecule is CC(=O)O[C@H]1C[C@@]2(C)[C@H](/C1=C(/C(=O)O)C1CCCC(=C(C)C)C1)[C@H](N)C[C@H]1[C@@]3(C)CC[C@@H](O)[C@@H](N)[C@@H]3CC[C@@]12C. The minimum absolute atomic E-state index is 0.0437. The maximum Gasteiger partial charge on any atom is 0.331 e. The molecule has 5 saturated carbocycles. The van der Waals surface area contributed by atoms with Crippen LogP contribution in [0.25, 0.3) is 0 Å². The van der Waals surface area contributed by atoms with E-state index < -0.39 is 18.2 Å². The Bertz CT molecular complexity index is 1130. The predicted molar refractivity (Wildman–Crippen MR) is 155 cm³/mol. The average molecular weight is 557 g/mol. The van der Waals surface area contributed by atoms with E-state index in [4.69, 9.17) is 16.2 Å². The van der Waals surface area contributed by atoms with Crippen LogP contribution in [0.5, 0.6) is 0 Å². The van der Waals surface area contributed by atoms with Gasteiger partial charge in [0.05, 0.1) is 6.10 Å². The molecule has 0 aromatic heterocycles. The molecule has 0 aliphatic heterocycles. The second-order valence-electron chi connectivity index (χ2n) is 15.0. The van der Waals surface area contributed by atoms with Gasteiger partial charge in [-0.15, -0.1) is 0 Å². The zero-order valence-electron chi connectivity index (χ0n) is 25.5. The summed E-state index contributed by atoms with van der Waals surface area (Å²) in [5.74, 6) is -0.993. The zero-order chi connectivity index (χ0) is 29.4. The van der Waals surface area contributed by atoms with E-state index >= 15 is 0 Å². The molecule has 40 heavy (non-hydrogen) atoms. The molecule has 0 amide bonds. The number of allylic oxidation sites excluding steroid dienone is 2. The minimum Gasteiger partial charge on any atom is -0.478 e. The number of carboxylic acids is 1. The van der Waals surface area contributed by atoms with Crippen LogP contribution >= 0.6 is 0 Å². The van der Waals surface area contributed by atoms with E-state index in [0.717, 1.165) is 56.9 Å². The van der Waals surface area contributed by atoms with Crippen molar-refractivity contribution in [3.8, 4) is 0 Å². The van der Waals surface area contributed by atoms with Crippen LogP contribution in [-0.4, -0.2) is 46.4 Å². The third-order valence-electron chi connectivity index (χ3n) is 13.0. The largest absolute Gasteiger partial charge is 0.478 e. The fourth-order valence-corrected chi connectivity index (χ4v) is 10.9. The maximum absolute atomic E-state index is 13.2. The summed E-state index contributed by atoms with van der Waals surface area (Å²) in [6.07, 6.45) is 7.43. The number of fused-ring (bicyclic) bond motifs is 5. The van der Waals surface area contributed by atoms with Gasteiger partial charge in [0, 0.05) is 30.5 Å². The number of carboxylic acid groups (broad SMARTS) is 1. The Hall–Kier alpha value is -1.70. The van der Waals surface area contributed by atoms with E-state index in [1.807, 2.05) is 0 Å². The molecule has 1 unspecified atom stereocenters. The van der Waals surface area contributed by atoms with Crippen molar-refractivity contribution in [1.29, 1.82) is 0 Å². The van der Waals surface area contributed by atoms with Crippen molar-refractivity contribution in [2.45, 2.75) is 130 Å². The lowest BCUT2D eigenvalue weighted by molar-refractivity contribution is -0.193. The highest BCUT2D eigenvalue weighted by Gasteiger charge is 2.70. The molecule has 0 radical (unpaired) electrons. The Morgan fingerprint density at radius 2 is 1.70 bits per heavy atom. The van der Waals surface area contributed by atoms with Crippen molar-refractivity contribution in [3.05, 3.63) is 22.3 Å². The van der Waals surface area contributed by atoms with E-state index in [-0.39, 0.29) is 52.1 Å². The fraction of sp³-hybridized carbons (Fsp3) is 0.818. The molecular formula is C33H52N2O5. The Morgan fingerprint density at radius 1 is 1.00 bits per heavy atom. The number of ether oxygens (including phenoxy) is 1. The molecule has 0 heterocycles. The summed E-state index contributed by atoms with van der Waals surface area (Å²) in [5.41, 5.74) is 17.2. The minimum atomic E-state index is -0.890. The number of hydrogen-bond acceptors (Lipinski definition) is 6. The van der Waals surface area contributed by atoms with E-state index in [9.17, 15) is 19.8 Å². The maximum atomic E-state index is 13.2. The van der Waals surface area contributed by atoms with Gasteiger partial charge in [0.2, 0.25) is 0 Å². The second kappa shape index (κ2) is 10.2. The van der Waals surface area contributed by atoms with Crippen LogP contribution in [0.1, 0.15) is 106 Å². The number of carbonyl (C=O) groups is 2. The van der Waals surface area contributed by atoms with Crippen LogP contribution in [-0.2, 0) is 14.3 Å². The molecule has 0 aromatic rings. The molecule has 6 N–H and O–H groups in total. The topological polar surface area (TPSA) is 136 Å². The molecule has 0 aromatic carbocycles. The first kappa shape index (κ1) is 29.8. The Labute approximate surface area is 240 Å². The summed E-state index contributed by atoms with van der Waals surface area (Å²) < 4.78 is 6.03. The zero-order valence-corrected chi connectivity index (χ0v) is 25.5. The molecule has 0 spiro atoms. The van der Waals surface area contributed by atoms with Crippen LogP contribution in [0, 0.1) is 39.9 Å². The Morgan fingerprint density at radius 3 is 2.33 bits per heavy atom. The molecule has 5 aliphatic carbocycles. The summed E-state index contributed by atoms with van der Waals surface area (Å²) >= 11 is 0. The van der Waals surface area contributed by atoms with Crippen molar-refractivity contribution in [2.75, 3.05) is 0 Å². The summed E-state index contributed by atoms with van der Waals surface area (Å²) in [5, 5.41) is 21.4. The van der Waals surface area contributed by atoms with Crippen LogP contribution in [0.3, 0.4) is 0 Å². The van der Waals surface area contributed by atoms with Crippen LogP contribution in [0.15, 0.2) is 22.3 Å². The average Bonchev–Trinajstić information content (AvgIpc) is 3.16. The monoisotopic (exact) mass is 556 g/mol. The number of aliphatic carboxylic acids is 1. The molecule has 5 rings (SSSR count). The molecule has 5 fully saturated rings. The van der Waals surface area contributed by atoms with Crippen LogP contribution in [0.4, 0.5) is 0 Å². The Kier molecular flexibility index (Phi) is 7.62. The van der Waals surface area contributed by atoms with E-state index in [0.29, 0.717) is 24.3 Å². The lowest BCUT2D eigenvalue weighted by atomic mass is 9.37. The third-order valence-corrected chi connectivity index (χ3v) is 13.0. The summed E-state index contributed by atoms with van der Waals surface area (Å²) in [4.78, 5) is 25.6. The molecule has 7 nitrogen and oxygen atoms in total. The van der Waals surface area contributed by atoms with Crippen molar-refractivity contribution in [2.24, 2.45) is 51.4 Å². The second-order valence-corrected chi connectivity index (χ2v) is 15.0. The molecule has 224 valence electrons. The van der Waals surface area contributed by atoms with Gasteiger partial charge in [-0.2, -0.15) is 0 Å².